The Labute approximate surface area is 164 Å². The van der Waals surface area contributed by atoms with Gasteiger partial charge in [0.15, 0.2) is 5.96 Å². The van der Waals surface area contributed by atoms with Crippen LogP contribution >= 0.6 is 24.0 Å². The minimum atomic E-state index is -0.0722. The van der Waals surface area contributed by atoms with Crippen LogP contribution in [0.25, 0.3) is 0 Å². The summed E-state index contributed by atoms with van der Waals surface area (Å²) in [5, 5.41) is 6.93. The number of nitrogens with one attached hydrogen (secondary N) is 2. The van der Waals surface area contributed by atoms with Gasteiger partial charge in [0.05, 0.1) is 6.61 Å². The minimum absolute atomic E-state index is 0. The molecule has 6 heteroatoms. The highest BCUT2D eigenvalue weighted by Gasteiger charge is 2.18. The summed E-state index contributed by atoms with van der Waals surface area (Å²) in [6, 6.07) is 0.571. The van der Waals surface area contributed by atoms with Gasteiger partial charge in [-0.15, -0.1) is 24.0 Å². The van der Waals surface area contributed by atoms with Gasteiger partial charge in [-0.3, -0.25) is 9.79 Å². The lowest BCUT2D eigenvalue weighted by molar-refractivity contribution is -0.143. The molecule has 0 aromatic carbocycles. The number of guanidine groups is 1. The molecule has 1 aliphatic carbocycles. The molecule has 0 amide bonds. The maximum absolute atomic E-state index is 11.2. The Morgan fingerprint density at radius 2 is 1.79 bits per heavy atom. The fourth-order valence-electron chi connectivity index (χ4n) is 2.98. The monoisotopic (exact) mass is 453 g/mol. The third-order valence-corrected chi connectivity index (χ3v) is 4.49. The van der Waals surface area contributed by atoms with Gasteiger partial charge in [-0.25, -0.2) is 0 Å². The van der Waals surface area contributed by atoms with Crippen molar-refractivity contribution in [1.82, 2.24) is 10.6 Å². The van der Waals surface area contributed by atoms with E-state index in [1.165, 1.54) is 25.7 Å². The lowest BCUT2D eigenvalue weighted by Gasteiger charge is -2.28. The van der Waals surface area contributed by atoms with Crippen LogP contribution < -0.4 is 10.6 Å². The van der Waals surface area contributed by atoms with Gasteiger partial charge in [0.1, 0.15) is 0 Å². The number of carbonyl (C=O) groups is 1. The van der Waals surface area contributed by atoms with Crippen LogP contribution in [0.15, 0.2) is 4.99 Å². The number of unbranched alkanes of at least 4 members (excludes halogenated alkanes) is 3. The summed E-state index contributed by atoms with van der Waals surface area (Å²) in [5.41, 5.74) is 0. The van der Waals surface area contributed by atoms with Crippen molar-refractivity contribution in [3.05, 3.63) is 0 Å². The van der Waals surface area contributed by atoms with Crippen LogP contribution in [-0.2, 0) is 9.53 Å². The fourth-order valence-corrected chi connectivity index (χ4v) is 2.98. The predicted molar refractivity (Wildman–Crippen MR) is 111 cm³/mol. The molecule has 142 valence electrons. The highest BCUT2D eigenvalue weighted by atomic mass is 127. The van der Waals surface area contributed by atoms with Gasteiger partial charge in [0, 0.05) is 26.1 Å². The second-order valence-corrected chi connectivity index (χ2v) is 6.57. The second-order valence-electron chi connectivity index (χ2n) is 6.57. The van der Waals surface area contributed by atoms with Gasteiger partial charge < -0.3 is 15.4 Å². The van der Waals surface area contributed by atoms with E-state index < -0.39 is 0 Å². The molecule has 1 fully saturated rings. The first kappa shape index (κ1) is 23.5. The summed E-state index contributed by atoms with van der Waals surface area (Å²) >= 11 is 0. The summed E-state index contributed by atoms with van der Waals surface area (Å²) in [4.78, 5) is 15.5. The average Bonchev–Trinajstić information content (AvgIpc) is 2.55. The van der Waals surface area contributed by atoms with Gasteiger partial charge in [-0.05, 0) is 51.4 Å². The number of rotatable bonds is 9. The molecule has 0 bridgehead atoms. The molecular weight excluding hydrogens is 417 g/mol. The maximum Gasteiger partial charge on any atom is 0.305 e. The number of aliphatic imine (C=N–C) groups is 1. The molecule has 2 N–H and O–H groups in total. The van der Waals surface area contributed by atoms with E-state index in [2.05, 4.69) is 22.5 Å². The zero-order valence-corrected chi connectivity index (χ0v) is 17.9. The molecule has 5 nitrogen and oxygen atoms in total. The maximum atomic E-state index is 11.2. The topological polar surface area (TPSA) is 62.7 Å². The summed E-state index contributed by atoms with van der Waals surface area (Å²) in [7, 11) is 1.83. The van der Waals surface area contributed by atoms with Crippen LogP contribution in [0.1, 0.15) is 71.6 Å². The van der Waals surface area contributed by atoms with E-state index in [9.17, 15) is 4.79 Å². The molecular formula is C18H36IN3O2. The Morgan fingerprint density at radius 1 is 1.12 bits per heavy atom. The van der Waals surface area contributed by atoms with E-state index in [0.29, 0.717) is 19.1 Å². The summed E-state index contributed by atoms with van der Waals surface area (Å²) in [6.45, 7) is 5.60. The smallest absolute Gasteiger partial charge is 0.305 e. The predicted octanol–water partition coefficient (Wildman–Crippen LogP) is 3.86. The molecule has 24 heavy (non-hydrogen) atoms. The number of esters is 1. The van der Waals surface area contributed by atoms with E-state index in [4.69, 9.17) is 4.74 Å². The van der Waals surface area contributed by atoms with Crippen molar-refractivity contribution >= 4 is 35.9 Å². The van der Waals surface area contributed by atoms with Gasteiger partial charge in [-0.2, -0.15) is 0 Å². The number of hydrogen-bond donors (Lipinski definition) is 2. The SMILES string of the molecule is CCOC(=O)CCCCCCNC(=NC)NC1CCC(C)CC1.I. The number of nitrogens with zero attached hydrogens (tertiary/aromatic N) is 1. The fraction of sp³-hybridized carbons (Fsp3) is 0.889. The van der Waals surface area contributed by atoms with Gasteiger partial charge >= 0.3 is 5.97 Å². The Morgan fingerprint density at radius 3 is 2.42 bits per heavy atom. The van der Waals surface area contributed by atoms with Crippen LogP contribution in [0, 0.1) is 5.92 Å². The van der Waals surface area contributed by atoms with Crippen molar-refractivity contribution in [2.45, 2.75) is 77.7 Å². The lowest BCUT2D eigenvalue weighted by Crippen LogP contribution is -2.44. The number of ether oxygens (including phenoxy) is 1. The highest BCUT2D eigenvalue weighted by Crippen LogP contribution is 2.23. The van der Waals surface area contributed by atoms with E-state index in [-0.39, 0.29) is 29.9 Å². The van der Waals surface area contributed by atoms with Crippen molar-refractivity contribution in [2.24, 2.45) is 10.9 Å². The molecule has 0 aliphatic heterocycles. The van der Waals surface area contributed by atoms with Gasteiger partial charge in [0.2, 0.25) is 0 Å². The standard InChI is InChI=1S/C18H35N3O2.HI/c1-4-23-17(22)9-7-5-6-8-14-20-18(19-3)21-16-12-10-15(2)11-13-16;/h15-16H,4-14H2,1-3H3,(H2,19,20,21);1H. The summed E-state index contributed by atoms with van der Waals surface area (Å²) < 4.78 is 4.92. The highest BCUT2D eigenvalue weighted by molar-refractivity contribution is 14.0. The minimum Gasteiger partial charge on any atom is -0.466 e. The third-order valence-electron chi connectivity index (χ3n) is 4.49. The molecule has 0 unspecified atom stereocenters. The van der Waals surface area contributed by atoms with Gasteiger partial charge in [-0.1, -0.05) is 19.8 Å². The zero-order valence-electron chi connectivity index (χ0n) is 15.6. The Balaban J connectivity index is 0.00000529. The van der Waals surface area contributed by atoms with E-state index in [0.717, 1.165) is 44.1 Å². The van der Waals surface area contributed by atoms with Crippen molar-refractivity contribution in [3.8, 4) is 0 Å². The first-order valence-electron chi connectivity index (χ1n) is 9.28. The van der Waals surface area contributed by atoms with Crippen molar-refractivity contribution in [2.75, 3.05) is 20.2 Å². The first-order valence-corrected chi connectivity index (χ1v) is 9.28. The quantitative estimate of drug-likeness (QED) is 0.183. The van der Waals surface area contributed by atoms with Gasteiger partial charge in [0.25, 0.3) is 0 Å². The molecule has 1 rings (SSSR count). The Kier molecular flexibility index (Phi) is 14.5. The molecule has 0 spiro atoms. The van der Waals surface area contributed by atoms with E-state index in [1.54, 1.807) is 0 Å². The molecule has 0 aromatic heterocycles. The molecule has 0 aromatic rings. The molecule has 1 aliphatic rings. The number of halogens is 1. The summed E-state index contributed by atoms with van der Waals surface area (Å²) in [5.74, 6) is 1.73. The summed E-state index contributed by atoms with van der Waals surface area (Å²) in [6.07, 6.45) is 9.90. The van der Waals surface area contributed by atoms with E-state index in [1.807, 2.05) is 14.0 Å². The Bertz CT molecular complexity index is 356. The lowest BCUT2D eigenvalue weighted by atomic mass is 9.87. The zero-order chi connectivity index (χ0) is 16.9. The first-order chi connectivity index (χ1) is 11.2. The normalized spacial score (nSPS) is 20.9. The molecule has 1 saturated carbocycles. The third kappa shape index (κ3) is 11.1. The largest absolute Gasteiger partial charge is 0.466 e. The number of hydrogen-bond acceptors (Lipinski definition) is 3. The molecule has 0 heterocycles. The van der Waals surface area contributed by atoms with Crippen molar-refractivity contribution in [1.29, 1.82) is 0 Å². The molecule has 0 radical (unpaired) electrons. The van der Waals surface area contributed by atoms with Crippen LogP contribution in [0.5, 0.6) is 0 Å². The second kappa shape index (κ2) is 14.8. The molecule has 0 saturated heterocycles. The van der Waals surface area contributed by atoms with Crippen LogP contribution in [-0.4, -0.2) is 38.2 Å². The van der Waals surface area contributed by atoms with Crippen molar-refractivity contribution < 1.29 is 9.53 Å². The number of carbonyl (C=O) groups excluding carboxylic acids is 1. The van der Waals surface area contributed by atoms with Crippen molar-refractivity contribution in [3.63, 3.8) is 0 Å². The van der Waals surface area contributed by atoms with Crippen LogP contribution in [0.4, 0.5) is 0 Å². The van der Waals surface area contributed by atoms with E-state index >= 15 is 0 Å². The Hall–Kier alpha value is -0.530. The average molecular weight is 453 g/mol. The van der Waals surface area contributed by atoms with Crippen LogP contribution in [0.3, 0.4) is 0 Å². The van der Waals surface area contributed by atoms with Crippen LogP contribution in [0.2, 0.25) is 0 Å². The molecule has 0 atom stereocenters.